The Morgan fingerprint density at radius 1 is 1.20 bits per heavy atom. The maximum Gasteiger partial charge on any atom is 0.422 e. The molecule has 0 saturated carbocycles. The van der Waals surface area contributed by atoms with E-state index in [1.54, 1.807) is 0 Å². The summed E-state index contributed by atoms with van der Waals surface area (Å²) < 4.78 is 56.7. The zero-order chi connectivity index (χ0) is 8.58. The molecule has 1 unspecified atom stereocenters. The van der Waals surface area contributed by atoms with Crippen LogP contribution >= 0.6 is 0 Å². The molecule has 1 atom stereocenters. The van der Waals surface area contributed by atoms with Crippen molar-refractivity contribution in [1.82, 2.24) is 0 Å². The molecule has 62 valence electrons. The molecule has 0 rings (SSSR count). The van der Waals surface area contributed by atoms with Gasteiger partial charge >= 0.3 is 6.18 Å². The van der Waals surface area contributed by atoms with E-state index in [0.29, 0.717) is 0 Å². The van der Waals surface area contributed by atoms with Gasteiger partial charge in [-0.1, -0.05) is 0 Å². The first-order valence-corrected chi connectivity index (χ1v) is 2.27. The molecular weight excluding hydrogens is 159 g/mol. The van der Waals surface area contributed by atoms with E-state index in [4.69, 9.17) is 5.11 Å². The number of halogens is 5. The molecule has 0 aliphatic carbocycles. The van der Waals surface area contributed by atoms with Gasteiger partial charge in [0.25, 0.3) is 6.43 Å². The quantitative estimate of drug-likeness (QED) is 0.583. The van der Waals surface area contributed by atoms with E-state index in [1.807, 2.05) is 0 Å². The molecule has 0 saturated heterocycles. The van der Waals surface area contributed by atoms with Crippen molar-refractivity contribution < 1.29 is 27.1 Å². The molecule has 0 aliphatic rings. The van der Waals surface area contributed by atoms with Crippen molar-refractivity contribution in [3.05, 3.63) is 0 Å². The van der Waals surface area contributed by atoms with Crippen LogP contribution in [-0.2, 0) is 0 Å². The molecular formula is C4H5F5O. The van der Waals surface area contributed by atoms with Crippen LogP contribution in [0, 0.1) is 0 Å². The van der Waals surface area contributed by atoms with Crippen LogP contribution in [0.5, 0.6) is 0 Å². The van der Waals surface area contributed by atoms with Gasteiger partial charge in [0, 0.05) is 0 Å². The number of hydrogen-bond donors (Lipinski definition) is 1. The second kappa shape index (κ2) is 2.34. The summed E-state index contributed by atoms with van der Waals surface area (Å²) in [4.78, 5) is 0. The molecule has 0 fully saturated rings. The maximum atomic E-state index is 11.4. The third-order valence-corrected chi connectivity index (χ3v) is 0.999. The van der Waals surface area contributed by atoms with E-state index in [-0.39, 0.29) is 6.92 Å². The fourth-order valence-corrected chi connectivity index (χ4v) is 0.124. The van der Waals surface area contributed by atoms with Gasteiger partial charge in [0.1, 0.15) is 0 Å². The first-order chi connectivity index (χ1) is 4.19. The number of alkyl halides is 5. The van der Waals surface area contributed by atoms with Crippen LogP contribution in [0.2, 0.25) is 0 Å². The van der Waals surface area contributed by atoms with Crippen molar-refractivity contribution in [3.8, 4) is 0 Å². The lowest BCUT2D eigenvalue weighted by Gasteiger charge is -2.24. The molecule has 0 amide bonds. The van der Waals surface area contributed by atoms with Crippen molar-refractivity contribution in [3.63, 3.8) is 0 Å². The highest BCUT2D eigenvalue weighted by Crippen LogP contribution is 2.34. The van der Waals surface area contributed by atoms with Crippen molar-refractivity contribution in [2.24, 2.45) is 0 Å². The van der Waals surface area contributed by atoms with Gasteiger partial charge in [0.05, 0.1) is 0 Å². The monoisotopic (exact) mass is 164 g/mol. The molecule has 0 spiro atoms. The lowest BCUT2D eigenvalue weighted by Crippen LogP contribution is -2.48. The smallest absolute Gasteiger partial charge is 0.376 e. The van der Waals surface area contributed by atoms with E-state index in [9.17, 15) is 22.0 Å². The van der Waals surface area contributed by atoms with Gasteiger partial charge < -0.3 is 5.11 Å². The summed E-state index contributed by atoms with van der Waals surface area (Å²) in [6.07, 6.45) is -9.09. The second-order valence-corrected chi connectivity index (χ2v) is 1.95. The summed E-state index contributed by atoms with van der Waals surface area (Å²) in [7, 11) is 0. The first kappa shape index (κ1) is 9.61. The molecule has 10 heavy (non-hydrogen) atoms. The van der Waals surface area contributed by atoms with Gasteiger partial charge in [0.15, 0.2) is 0 Å². The fourth-order valence-electron chi connectivity index (χ4n) is 0.124. The fraction of sp³-hybridized carbons (Fsp3) is 1.00. The minimum Gasteiger partial charge on any atom is -0.376 e. The summed E-state index contributed by atoms with van der Waals surface area (Å²) >= 11 is 0. The van der Waals surface area contributed by atoms with Gasteiger partial charge in [-0.05, 0) is 6.92 Å². The summed E-state index contributed by atoms with van der Waals surface area (Å²) in [5, 5.41) is 8.05. The Morgan fingerprint density at radius 2 is 1.50 bits per heavy atom. The second-order valence-electron chi connectivity index (χ2n) is 1.95. The molecule has 0 aromatic rings. The van der Waals surface area contributed by atoms with E-state index < -0.39 is 18.2 Å². The van der Waals surface area contributed by atoms with E-state index >= 15 is 0 Å². The predicted molar refractivity (Wildman–Crippen MR) is 22.7 cm³/mol. The highest BCUT2D eigenvalue weighted by Gasteiger charge is 2.56. The van der Waals surface area contributed by atoms with E-state index in [1.165, 1.54) is 0 Å². The molecule has 1 nitrogen and oxygen atoms in total. The van der Waals surface area contributed by atoms with Crippen LogP contribution in [-0.4, -0.2) is 23.3 Å². The normalized spacial score (nSPS) is 19.2. The zero-order valence-electron chi connectivity index (χ0n) is 4.91. The van der Waals surface area contributed by atoms with Gasteiger partial charge in [-0.15, -0.1) is 0 Å². The topological polar surface area (TPSA) is 20.2 Å². The zero-order valence-corrected chi connectivity index (χ0v) is 4.91. The number of rotatable bonds is 1. The summed E-state index contributed by atoms with van der Waals surface area (Å²) in [6.45, 7) is 0.0255. The average Bonchev–Trinajstić information content (AvgIpc) is 1.62. The van der Waals surface area contributed by atoms with Crippen molar-refractivity contribution >= 4 is 0 Å². The summed E-state index contributed by atoms with van der Waals surface area (Å²) in [5.41, 5.74) is -3.90. The van der Waals surface area contributed by atoms with Crippen LogP contribution in [0.3, 0.4) is 0 Å². The average molecular weight is 164 g/mol. The largest absolute Gasteiger partial charge is 0.422 e. The Labute approximate surface area is 53.5 Å². The molecule has 0 aromatic carbocycles. The Balaban J connectivity index is 4.40. The predicted octanol–water partition coefficient (Wildman–Crippen LogP) is 1.56. The number of aliphatic hydroxyl groups is 1. The summed E-state index contributed by atoms with van der Waals surface area (Å²) in [6, 6.07) is 0. The maximum absolute atomic E-state index is 11.4. The Hall–Kier alpha value is -0.390. The van der Waals surface area contributed by atoms with Crippen molar-refractivity contribution in [2.75, 3.05) is 0 Å². The van der Waals surface area contributed by atoms with E-state index in [2.05, 4.69) is 0 Å². The molecule has 0 bridgehead atoms. The van der Waals surface area contributed by atoms with Gasteiger partial charge in [-0.25, -0.2) is 8.78 Å². The molecule has 1 N–H and O–H groups in total. The van der Waals surface area contributed by atoms with Crippen molar-refractivity contribution in [2.45, 2.75) is 25.1 Å². The lowest BCUT2D eigenvalue weighted by atomic mass is 10.1. The molecule has 6 heteroatoms. The Kier molecular flexibility index (Phi) is 2.24. The lowest BCUT2D eigenvalue weighted by molar-refractivity contribution is -0.290. The van der Waals surface area contributed by atoms with Gasteiger partial charge in [-0.3, -0.25) is 0 Å². The van der Waals surface area contributed by atoms with Crippen molar-refractivity contribution in [1.29, 1.82) is 0 Å². The minimum atomic E-state index is -5.28. The minimum absolute atomic E-state index is 0.0255. The van der Waals surface area contributed by atoms with Crippen LogP contribution < -0.4 is 0 Å². The van der Waals surface area contributed by atoms with Gasteiger partial charge in [-0.2, -0.15) is 13.2 Å². The third kappa shape index (κ3) is 1.56. The summed E-state index contributed by atoms with van der Waals surface area (Å²) in [5.74, 6) is 0. The molecule has 0 radical (unpaired) electrons. The molecule has 0 heterocycles. The SMILES string of the molecule is CC(O)(C(F)F)C(F)(F)F. The van der Waals surface area contributed by atoms with Crippen LogP contribution in [0.15, 0.2) is 0 Å². The third-order valence-electron chi connectivity index (χ3n) is 0.999. The van der Waals surface area contributed by atoms with E-state index in [0.717, 1.165) is 0 Å². The highest BCUT2D eigenvalue weighted by molar-refractivity contribution is 4.83. The number of hydrogen-bond acceptors (Lipinski definition) is 1. The van der Waals surface area contributed by atoms with Crippen LogP contribution in [0.4, 0.5) is 22.0 Å². The van der Waals surface area contributed by atoms with Crippen LogP contribution in [0.25, 0.3) is 0 Å². The Morgan fingerprint density at radius 3 is 1.50 bits per heavy atom. The Bertz CT molecular complexity index is 115. The first-order valence-electron chi connectivity index (χ1n) is 2.27. The van der Waals surface area contributed by atoms with Gasteiger partial charge in [0.2, 0.25) is 5.60 Å². The molecule has 0 aromatic heterocycles. The molecule has 0 aliphatic heterocycles. The van der Waals surface area contributed by atoms with Crippen LogP contribution in [0.1, 0.15) is 6.92 Å². The highest BCUT2D eigenvalue weighted by atomic mass is 19.4. The standard InChI is InChI=1S/C4H5F5O/c1-3(10,2(5)6)4(7,8)9/h2,10H,1H3.